The number of nitrogens with zero attached hydrogens (tertiary/aromatic N) is 1. The lowest BCUT2D eigenvalue weighted by atomic mass is 10.1. The Balaban J connectivity index is 2.16. The zero-order valence-electron chi connectivity index (χ0n) is 9.82. The van der Waals surface area contributed by atoms with E-state index in [0.29, 0.717) is 6.54 Å². The number of cyclic esters (lactones) is 1. The molecule has 0 bridgehead atoms. The molecule has 17 heavy (non-hydrogen) atoms. The maximum absolute atomic E-state index is 11.8. The number of hydrogen-bond acceptors (Lipinski definition) is 3. The van der Waals surface area contributed by atoms with Crippen molar-refractivity contribution in [3.63, 3.8) is 0 Å². The summed E-state index contributed by atoms with van der Waals surface area (Å²) in [4.78, 5) is 24.1. The molecular formula is C12H14N2O3. The number of para-hydroxylation sites is 1. The lowest BCUT2D eigenvalue weighted by Crippen LogP contribution is -2.35. The van der Waals surface area contributed by atoms with Gasteiger partial charge in [0.25, 0.3) is 0 Å². The Morgan fingerprint density at radius 1 is 1.35 bits per heavy atom. The molecule has 1 fully saturated rings. The van der Waals surface area contributed by atoms with Crippen molar-refractivity contribution in [2.45, 2.75) is 13.8 Å². The molecule has 1 aromatic rings. The summed E-state index contributed by atoms with van der Waals surface area (Å²) in [5.41, 5.74) is 2.68. The van der Waals surface area contributed by atoms with E-state index in [1.165, 1.54) is 0 Å². The first-order valence-electron chi connectivity index (χ1n) is 5.41. The van der Waals surface area contributed by atoms with Crippen LogP contribution in [-0.4, -0.2) is 30.2 Å². The van der Waals surface area contributed by atoms with Gasteiger partial charge in [-0.05, 0) is 25.0 Å². The molecule has 3 amide bonds. The van der Waals surface area contributed by atoms with E-state index in [0.717, 1.165) is 21.7 Å². The molecule has 0 saturated carbocycles. The minimum absolute atomic E-state index is 0.263. The molecule has 1 aromatic carbocycles. The lowest BCUT2D eigenvalue weighted by molar-refractivity contribution is 0.161. The van der Waals surface area contributed by atoms with Gasteiger partial charge in [-0.1, -0.05) is 18.2 Å². The molecule has 0 unspecified atom stereocenters. The summed E-state index contributed by atoms with van der Waals surface area (Å²) in [5, 5.41) is 2.74. The second-order valence-electron chi connectivity index (χ2n) is 3.96. The average molecular weight is 234 g/mol. The normalized spacial score (nSPS) is 14.7. The highest BCUT2D eigenvalue weighted by Gasteiger charge is 2.28. The van der Waals surface area contributed by atoms with Crippen molar-refractivity contribution in [1.82, 2.24) is 4.90 Å². The monoisotopic (exact) mass is 234 g/mol. The van der Waals surface area contributed by atoms with Gasteiger partial charge in [-0.15, -0.1) is 0 Å². The first-order chi connectivity index (χ1) is 8.09. The number of nitrogens with one attached hydrogen (secondary N) is 1. The van der Waals surface area contributed by atoms with E-state index in [2.05, 4.69) is 5.32 Å². The van der Waals surface area contributed by atoms with E-state index in [-0.39, 0.29) is 6.61 Å². The number of imide groups is 1. The van der Waals surface area contributed by atoms with Gasteiger partial charge in [-0.3, -0.25) is 0 Å². The van der Waals surface area contributed by atoms with Crippen LogP contribution >= 0.6 is 0 Å². The van der Waals surface area contributed by atoms with Crippen LogP contribution in [-0.2, 0) is 4.74 Å². The van der Waals surface area contributed by atoms with Crippen LogP contribution in [0, 0.1) is 13.8 Å². The molecule has 1 aliphatic rings. The van der Waals surface area contributed by atoms with Crippen molar-refractivity contribution >= 4 is 17.8 Å². The highest BCUT2D eigenvalue weighted by molar-refractivity contribution is 6.00. The van der Waals surface area contributed by atoms with Gasteiger partial charge >= 0.3 is 12.1 Å². The predicted molar refractivity (Wildman–Crippen MR) is 63.0 cm³/mol. The van der Waals surface area contributed by atoms with Gasteiger partial charge in [0.1, 0.15) is 6.61 Å². The number of amides is 3. The van der Waals surface area contributed by atoms with Crippen LogP contribution in [0.15, 0.2) is 18.2 Å². The van der Waals surface area contributed by atoms with Crippen molar-refractivity contribution in [2.75, 3.05) is 18.5 Å². The Kier molecular flexibility index (Phi) is 2.99. The topological polar surface area (TPSA) is 58.6 Å². The molecule has 0 aliphatic carbocycles. The molecule has 0 atom stereocenters. The fourth-order valence-corrected chi connectivity index (χ4v) is 1.76. The minimum Gasteiger partial charge on any atom is -0.447 e. The van der Waals surface area contributed by atoms with Gasteiger partial charge in [0.15, 0.2) is 0 Å². The molecule has 1 N–H and O–H groups in total. The van der Waals surface area contributed by atoms with Crippen LogP contribution in [0.4, 0.5) is 15.3 Å². The number of urea groups is 1. The third kappa shape index (κ3) is 2.22. The zero-order valence-corrected chi connectivity index (χ0v) is 9.82. The SMILES string of the molecule is Cc1cccc(C)c1NC(=O)N1CCOC1=O. The number of hydrogen-bond donors (Lipinski definition) is 1. The quantitative estimate of drug-likeness (QED) is 0.811. The number of aryl methyl sites for hydroxylation is 2. The predicted octanol–water partition coefficient (Wildman–Crippen LogP) is 2.29. The standard InChI is InChI=1S/C12H14N2O3/c1-8-4-3-5-9(2)10(8)13-11(15)14-6-7-17-12(14)16/h3-5H,6-7H2,1-2H3,(H,13,15). The number of carbonyl (C=O) groups excluding carboxylic acids is 2. The van der Waals surface area contributed by atoms with Crippen LogP contribution in [0.3, 0.4) is 0 Å². The van der Waals surface area contributed by atoms with Crippen molar-refractivity contribution in [1.29, 1.82) is 0 Å². The Bertz CT molecular complexity index is 451. The molecule has 5 nitrogen and oxygen atoms in total. The van der Waals surface area contributed by atoms with Gasteiger partial charge < -0.3 is 10.1 Å². The Morgan fingerprint density at radius 2 is 2.00 bits per heavy atom. The van der Waals surface area contributed by atoms with Crippen LogP contribution in [0.2, 0.25) is 0 Å². The second kappa shape index (κ2) is 4.45. The van der Waals surface area contributed by atoms with Crippen LogP contribution < -0.4 is 5.32 Å². The maximum atomic E-state index is 11.8. The average Bonchev–Trinajstić information content (AvgIpc) is 2.70. The molecule has 1 saturated heterocycles. The molecular weight excluding hydrogens is 220 g/mol. The smallest absolute Gasteiger partial charge is 0.418 e. The van der Waals surface area contributed by atoms with Gasteiger partial charge in [-0.25, -0.2) is 14.5 Å². The van der Waals surface area contributed by atoms with Crippen LogP contribution in [0.1, 0.15) is 11.1 Å². The summed E-state index contributed by atoms with van der Waals surface area (Å²) in [7, 11) is 0. The maximum Gasteiger partial charge on any atom is 0.418 e. The Hall–Kier alpha value is -2.04. The summed E-state index contributed by atoms with van der Waals surface area (Å²) in [5.74, 6) is 0. The van der Waals surface area contributed by atoms with E-state index in [9.17, 15) is 9.59 Å². The van der Waals surface area contributed by atoms with Gasteiger partial charge in [0.05, 0.1) is 6.54 Å². The minimum atomic E-state index is -0.589. The van der Waals surface area contributed by atoms with E-state index >= 15 is 0 Å². The van der Waals surface area contributed by atoms with Crippen LogP contribution in [0.25, 0.3) is 0 Å². The summed E-state index contributed by atoms with van der Waals surface area (Å²) >= 11 is 0. The summed E-state index contributed by atoms with van der Waals surface area (Å²) in [6.45, 7) is 4.38. The van der Waals surface area contributed by atoms with Gasteiger partial charge in [0.2, 0.25) is 0 Å². The first-order valence-corrected chi connectivity index (χ1v) is 5.41. The molecule has 90 valence electrons. The molecule has 0 aromatic heterocycles. The largest absolute Gasteiger partial charge is 0.447 e. The first kappa shape index (κ1) is 11.4. The fourth-order valence-electron chi connectivity index (χ4n) is 1.76. The van der Waals surface area contributed by atoms with E-state index < -0.39 is 12.1 Å². The number of anilines is 1. The molecule has 0 radical (unpaired) electrons. The molecule has 1 aliphatic heterocycles. The molecule has 5 heteroatoms. The molecule has 0 spiro atoms. The Labute approximate surface area is 99.4 Å². The summed E-state index contributed by atoms with van der Waals surface area (Å²) in [6, 6.07) is 5.30. The fraction of sp³-hybridized carbons (Fsp3) is 0.333. The summed E-state index contributed by atoms with van der Waals surface area (Å²) in [6.07, 6.45) is -0.589. The number of rotatable bonds is 1. The van der Waals surface area contributed by atoms with Crippen molar-refractivity contribution in [3.05, 3.63) is 29.3 Å². The highest BCUT2D eigenvalue weighted by atomic mass is 16.6. The third-order valence-electron chi connectivity index (χ3n) is 2.72. The van der Waals surface area contributed by atoms with Crippen LogP contribution in [0.5, 0.6) is 0 Å². The number of ether oxygens (including phenoxy) is 1. The summed E-state index contributed by atoms with van der Waals surface area (Å²) < 4.78 is 4.71. The lowest BCUT2D eigenvalue weighted by Gasteiger charge is -2.15. The van der Waals surface area contributed by atoms with Crippen molar-refractivity contribution in [2.24, 2.45) is 0 Å². The third-order valence-corrected chi connectivity index (χ3v) is 2.72. The molecule has 1 heterocycles. The number of benzene rings is 1. The van der Waals surface area contributed by atoms with Crippen molar-refractivity contribution < 1.29 is 14.3 Å². The number of carbonyl (C=O) groups is 2. The van der Waals surface area contributed by atoms with E-state index in [1.807, 2.05) is 32.0 Å². The van der Waals surface area contributed by atoms with Crippen molar-refractivity contribution in [3.8, 4) is 0 Å². The zero-order chi connectivity index (χ0) is 12.4. The Morgan fingerprint density at radius 3 is 2.53 bits per heavy atom. The van der Waals surface area contributed by atoms with Gasteiger partial charge in [0, 0.05) is 5.69 Å². The van der Waals surface area contributed by atoms with E-state index in [1.54, 1.807) is 0 Å². The highest BCUT2D eigenvalue weighted by Crippen LogP contribution is 2.20. The molecule has 2 rings (SSSR count). The van der Waals surface area contributed by atoms with E-state index in [4.69, 9.17) is 4.74 Å². The second-order valence-corrected chi connectivity index (χ2v) is 3.96. The van der Waals surface area contributed by atoms with Gasteiger partial charge in [-0.2, -0.15) is 0 Å².